The zero-order chi connectivity index (χ0) is 13.2. The molecule has 1 N–H and O–H groups in total. The van der Waals surface area contributed by atoms with Crippen LogP contribution in [-0.4, -0.2) is 20.9 Å². The maximum atomic E-state index is 11.8. The maximum Gasteiger partial charge on any atom is 0.328 e. The van der Waals surface area contributed by atoms with Crippen LogP contribution < -0.4 is 5.56 Å². The van der Waals surface area contributed by atoms with Crippen molar-refractivity contribution in [3.8, 4) is 0 Å². The monoisotopic (exact) mass is 322 g/mol. The van der Waals surface area contributed by atoms with E-state index >= 15 is 0 Å². The minimum atomic E-state index is -1.09. The van der Waals surface area contributed by atoms with E-state index in [-0.39, 0.29) is 15.5 Å². The Morgan fingerprint density at radius 2 is 2.24 bits per heavy atom. The molecule has 0 amide bonds. The Hall–Kier alpha value is -0.880. The molecule has 1 atom stereocenters. The van der Waals surface area contributed by atoms with Gasteiger partial charge in [-0.2, -0.15) is 5.10 Å². The molecule has 7 heteroatoms. The van der Waals surface area contributed by atoms with E-state index in [0.717, 1.165) is 4.68 Å². The standard InChI is InChI=1S/C10H12BrClN2O3/c1-5(2)3-7(10(16)17)14-9(15)6(11)4-8(12)13-14/h4-5,7H,3H2,1-2H3,(H,16,17). The van der Waals surface area contributed by atoms with Crippen LogP contribution in [0.25, 0.3) is 0 Å². The lowest BCUT2D eigenvalue weighted by Crippen LogP contribution is -2.33. The first kappa shape index (κ1) is 14.2. The van der Waals surface area contributed by atoms with Crippen molar-refractivity contribution in [2.24, 2.45) is 5.92 Å². The van der Waals surface area contributed by atoms with Crippen molar-refractivity contribution >= 4 is 33.5 Å². The van der Waals surface area contributed by atoms with Crippen molar-refractivity contribution in [2.45, 2.75) is 26.3 Å². The molecule has 1 aromatic rings. The molecule has 1 rings (SSSR count). The molecule has 5 nitrogen and oxygen atoms in total. The topological polar surface area (TPSA) is 72.2 Å². The molecule has 0 aliphatic carbocycles. The minimum Gasteiger partial charge on any atom is -0.480 e. The quantitative estimate of drug-likeness (QED) is 0.923. The first-order valence-electron chi connectivity index (χ1n) is 5.00. The fourth-order valence-corrected chi connectivity index (χ4v) is 2.14. The molecule has 0 radical (unpaired) electrons. The zero-order valence-corrected chi connectivity index (χ0v) is 11.7. The van der Waals surface area contributed by atoms with Gasteiger partial charge in [0.2, 0.25) is 0 Å². The average molecular weight is 324 g/mol. The molecule has 0 spiro atoms. The van der Waals surface area contributed by atoms with E-state index in [9.17, 15) is 9.59 Å². The molecule has 0 fully saturated rings. The Morgan fingerprint density at radius 1 is 1.65 bits per heavy atom. The van der Waals surface area contributed by atoms with Gasteiger partial charge in [0.25, 0.3) is 5.56 Å². The van der Waals surface area contributed by atoms with E-state index in [4.69, 9.17) is 16.7 Å². The van der Waals surface area contributed by atoms with Gasteiger partial charge < -0.3 is 5.11 Å². The summed E-state index contributed by atoms with van der Waals surface area (Å²) in [7, 11) is 0. The van der Waals surface area contributed by atoms with Crippen LogP contribution in [0.1, 0.15) is 26.3 Å². The third-order valence-electron chi connectivity index (χ3n) is 2.14. The summed E-state index contributed by atoms with van der Waals surface area (Å²) < 4.78 is 1.11. The third-order valence-corrected chi connectivity index (χ3v) is 2.89. The highest BCUT2D eigenvalue weighted by molar-refractivity contribution is 9.10. The van der Waals surface area contributed by atoms with Gasteiger partial charge in [-0.15, -0.1) is 0 Å². The van der Waals surface area contributed by atoms with Crippen LogP contribution in [-0.2, 0) is 4.79 Å². The van der Waals surface area contributed by atoms with Crippen molar-refractivity contribution < 1.29 is 9.90 Å². The molecule has 0 aliphatic heterocycles. The number of carboxylic acids is 1. The fourth-order valence-electron chi connectivity index (χ4n) is 1.42. The van der Waals surface area contributed by atoms with E-state index in [1.165, 1.54) is 6.07 Å². The van der Waals surface area contributed by atoms with Gasteiger partial charge in [0, 0.05) is 0 Å². The van der Waals surface area contributed by atoms with E-state index in [1.54, 1.807) is 0 Å². The van der Waals surface area contributed by atoms with Gasteiger partial charge in [-0.3, -0.25) is 4.79 Å². The summed E-state index contributed by atoms with van der Waals surface area (Å²) in [4.78, 5) is 22.9. The van der Waals surface area contributed by atoms with Crippen molar-refractivity contribution in [1.29, 1.82) is 0 Å². The normalized spacial score (nSPS) is 12.8. The summed E-state index contributed by atoms with van der Waals surface area (Å²) in [5, 5.41) is 13.0. The molecule has 1 aromatic heterocycles. The molecule has 0 bridgehead atoms. The van der Waals surface area contributed by atoms with Gasteiger partial charge in [0.05, 0.1) is 4.47 Å². The average Bonchev–Trinajstić information content (AvgIpc) is 2.19. The molecule has 0 aromatic carbocycles. The lowest BCUT2D eigenvalue weighted by molar-refractivity contribution is -0.141. The van der Waals surface area contributed by atoms with Crippen LogP contribution in [0.2, 0.25) is 5.15 Å². The molecular formula is C10H12BrClN2O3. The number of aromatic nitrogens is 2. The lowest BCUT2D eigenvalue weighted by Gasteiger charge is -2.16. The van der Waals surface area contributed by atoms with Crippen molar-refractivity contribution in [1.82, 2.24) is 9.78 Å². The predicted octanol–water partition coefficient (Wildman–Crippen LogP) is 2.33. The summed E-state index contributed by atoms with van der Waals surface area (Å²) >= 11 is 8.74. The Bertz CT molecular complexity index is 487. The smallest absolute Gasteiger partial charge is 0.328 e. The Morgan fingerprint density at radius 3 is 2.71 bits per heavy atom. The van der Waals surface area contributed by atoms with E-state index in [1.807, 2.05) is 13.8 Å². The number of halogens is 2. The van der Waals surface area contributed by atoms with Gasteiger partial charge >= 0.3 is 5.97 Å². The van der Waals surface area contributed by atoms with Gasteiger partial charge in [0.1, 0.15) is 0 Å². The highest BCUT2D eigenvalue weighted by atomic mass is 79.9. The number of hydrogen-bond acceptors (Lipinski definition) is 3. The second-order valence-corrected chi connectivity index (χ2v) is 5.29. The summed E-state index contributed by atoms with van der Waals surface area (Å²) in [6.45, 7) is 3.75. The van der Waals surface area contributed by atoms with Gasteiger partial charge in [-0.1, -0.05) is 25.4 Å². The first-order chi connectivity index (χ1) is 7.82. The van der Waals surface area contributed by atoms with Crippen molar-refractivity contribution in [3.05, 3.63) is 26.0 Å². The molecule has 1 unspecified atom stereocenters. The molecule has 0 saturated carbocycles. The van der Waals surface area contributed by atoms with E-state index < -0.39 is 17.6 Å². The minimum absolute atomic E-state index is 0.0754. The van der Waals surface area contributed by atoms with E-state index in [0.29, 0.717) is 6.42 Å². The van der Waals surface area contributed by atoms with Crippen LogP contribution in [0.5, 0.6) is 0 Å². The molecule has 17 heavy (non-hydrogen) atoms. The Kier molecular flexibility index (Phi) is 4.70. The second kappa shape index (κ2) is 5.64. The van der Waals surface area contributed by atoms with Crippen LogP contribution in [0.15, 0.2) is 15.3 Å². The fraction of sp³-hybridized carbons (Fsp3) is 0.500. The molecular weight excluding hydrogens is 311 g/mol. The zero-order valence-electron chi connectivity index (χ0n) is 9.35. The first-order valence-corrected chi connectivity index (χ1v) is 6.17. The predicted molar refractivity (Wildman–Crippen MR) is 67.3 cm³/mol. The van der Waals surface area contributed by atoms with Crippen molar-refractivity contribution in [3.63, 3.8) is 0 Å². The summed E-state index contributed by atoms with van der Waals surface area (Å²) in [5.41, 5.74) is -0.498. The van der Waals surface area contributed by atoms with Crippen LogP contribution >= 0.6 is 27.5 Å². The maximum absolute atomic E-state index is 11.8. The molecule has 0 aliphatic rings. The largest absolute Gasteiger partial charge is 0.480 e. The van der Waals surface area contributed by atoms with Gasteiger partial charge in [-0.25, -0.2) is 9.48 Å². The SMILES string of the molecule is CC(C)CC(C(=O)O)n1nc(Cl)cc(Br)c1=O. The van der Waals surface area contributed by atoms with Crippen LogP contribution in [0.4, 0.5) is 0 Å². The molecule has 1 heterocycles. The number of carbonyl (C=O) groups is 1. The Labute approximate surface area is 112 Å². The number of carboxylic acid groups (broad SMARTS) is 1. The number of rotatable bonds is 4. The number of hydrogen-bond donors (Lipinski definition) is 1. The lowest BCUT2D eigenvalue weighted by atomic mass is 10.0. The second-order valence-electron chi connectivity index (χ2n) is 4.05. The summed E-state index contributed by atoms with van der Waals surface area (Å²) in [6, 6.07) is 0.340. The summed E-state index contributed by atoms with van der Waals surface area (Å²) in [5.74, 6) is -0.968. The van der Waals surface area contributed by atoms with E-state index in [2.05, 4.69) is 21.0 Å². The Balaban J connectivity index is 3.28. The third kappa shape index (κ3) is 3.54. The summed E-state index contributed by atoms with van der Waals surface area (Å²) in [6.07, 6.45) is 0.315. The van der Waals surface area contributed by atoms with Gasteiger partial charge in [0.15, 0.2) is 11.2 Å². The van der Waals surface area contributed by atoms with Crippen LogP contribution in [0.3, 0.4) is 0 Å². The number of nitrogens with zero attached hydrogens (tertiary/aromatic N) is 2. The number of aliphatic carboxylic acids is 1. The van der Waals surface area contributed by atoms with Crippen LogP contribution in [0, 0.1) is 5.92 Å². The molecule has 94 valence electrons. The van der Waals surface area contributed by atoms with Crippen molar-refractivity contribution in [2.75, 3.05) is 0 Å². The molecule has 0 saturated heterocycles. The highest BCUT2D eigenvalue weighted by Gasteiger charge is 2.24. The highest BCUT2D eigenvalue weighted by Crippen LogP contribution is 2.18. The van der Waals surface area contributed by atoms with Gasteiger partial charge in [-0.05, 0) is 34.3 Å².